The van der Waals surface area contributed by atoms with Crippen LogP contribution in [0.5, 0.6) is 5.75 Å². The molecule has 0 spiro atoms. The Morgan fingerprint density at radius 2 is 1.49 bits per heavy atom. The zero-order valence-electron chi connectivity index (χ0n) is 23.1. The van der Waals surface area contributed by atoms with Gasteiger partial charge in [0.15, 0.2) is 0 Å². The molecule has 4 heteroatoms. The Kier molecular flexibility index (Phi) is 8.74. The van der Waals surface area contributed by atoms with E-state index in [1.165, 1.54) is 15.9 Å². The smallest absolute Gasteiger partial charge is 0.261 e. The van der Waals surface area contributed by atoms with Gasteiger partial charge in [-0.1, -0.05) is 99.1 Å². The van der Waals surface area contributed by atoms with Crippen molar-refractivity contribution in [2.75, 3.05) is 13.7 Å². The molecule has 3 atom stereocenters. The Morgan fingerprint density at radius 1 is 0.919 bits per heavy atom. The van der Waals surface area contributed by atoms with Crippen LogP contribution in [0.3, 0.4) is 0 Å². The van der Waals surface area contributed by atoms with Crippen LogP contribution < -0.4 is 15.1 Å². The summed E-state index contributed by atoms with van der Waals surface area (Å²) in [6.45, 7) is 14.7. The fraction of sp³-hybridized carbons (Fsp3) is 0.394. The first-order valence-electron chi connectivity index (χ1n) is 13.4. The molecule has 1 aliphatic rings. The van der Waals surface area contributed by atoms with Crippen molar-refractivity contribution in [1.82, 2.24) is 0 Å². The molecule has 37 heavy (non-hydrogen) atoms. The molecular weight excluding hydrogens is 472 g/mol. The van der Waals surface area contributed by atoms with E-state index in [4.69, 9.17) is 13.9 Å². The lowest BCUT2D eigenvalue weighted by Gasteiger charge is -2.43. The number of ether oxygens (including phenoxy) is 2. The second-order valence-corrected chi connectivity index (χ2v) is 15.8. The van der Waals surface area contributed by atoms with Gasteiger partial charge in [0.05, 0.1) is 19.8 Å². The highest BCUT2D eigenvalue weighted by Crippen LogP contribution is 2.46. The molecule has 0 saturated heterocycles. The van der Waals surface area contributed by atoms with Crippen LogP contribution in [0.15, 0.2) is 97.1 Å². The number of hydrogen-bond acceptors (Lipinski definition) is 3. The lowest BCUT2D eigenvalue weighted by atomic mass is 10.1. The van der Waals surface area contributed by atoms with Gasteiger partial charge in [-0.3, -0.25) is 0 Å². The molecule has 3 aromatic carbocycles. The summed E-state index contributed by atoms with van der Waals surface area (Å²) in [6, 6.07) is 29.9. The van der Waals surface area contributed by atoms with Gasteiger partial charge in [-0.2, -0.15) is 0 Å². The number of hydrogen-bond donors (Lipinski definition) is 0. The second-order valence-electron chi connectivity index (χ2n) is 11.5. The van der Waals surface area contributed by atoms with Crippen LogP contribution in [-0.4, -0.2) is 28.1 Å². The van der Waals surface area contributed by atoms with Gasteiger partial charge in [0.2, 0.25) is 0 Å². The molecule has 1 aliphatic carbocycles. The standard InChI is InChI=1S/C33H42O3Si/c1-25(2)21-32(35-23-26-17-19-28(34-6)20-18-26)31-22-27(31)24-36-37(33(3,4)5,29-13-9-7-10-14-29)30-15-11-8-12-16-30/h7-20,27,31-32H,1,21-24H2,2-6H3/t27-,31+,32-/m0/s1. The maximum atomic E-state index is 7.21. The predicted molar refractivity (Wildman–Crippen MR) is 156 cm³/mol. The minimum Gasteiger partial charge on any atom is -0.497 e. The van der Waals surface area contributed by atoms with Crippen LogP contribution in [0.1, 0.15) is 46.1 Å². The quantitative estimate of drug-likeness (QED) is 0.197. The molecule has 4 rings (SSSR count). The first-order chi connectivity index (χ1) is 17.7. The normalized spacial score (nSPS) is 18.3. The van der Waals surface area contributed by atoms with Gasteiger partial charge in [0, 0.05) is 6.61 Å². The van der Waals surface area contributed by atoms with Crippen LogP contribution in [0.25, 0.3) is 0 Å². The summed E-state index contributed by atoms with van der Waals surface area (Å²) in [5.74, 6) is 1.86. The van der Waals surface area contributed by atoms with E-state index < -0.39 is 8.32 Å². The summed E-state index contributed by atoms with van der Waals surface area (Å²) in [5, 5.41) is 2.66. The SMILES string of the molecule is C=C(C)C[C@H](OCc1ccc(OC)cc1)[C@@H]1C[C@H]1CO[Si](c1ccccc1)(c1ccccc1)C(C)(C)C. The molecular formula is C33H42O3Si. The van der Waals surface area contributed by atoms with Crippen molar-refractivity contribution in [2.45, 2.75) is 58.3 Å². The summed E-state index contributed by atoms with van der Waals surface area (Å²) in [5.41, 5.74) is 2.33. The number of benzene rings is 3. The van der Waals surface area contributed by atoms with E-state index in [9.17, 15) is 0 Å². The number of methoxy groups -OCH3 is 1. The Balaban J connectivity index is 1.50. The molecule has 0 N–H and O–H groups in total. The second kappa shape index (κ2) is 11.8. The molecule has 1 saturated carbocycles. The summed E-state index contributed by atoms with van der Waals surface area (Å²) < 4.78 is 19.0. The van der Waals surface area contributed by atoms with Crippen LogP contribution >= 0.6 is 0 Å². The molecule has 0 amide bonds. The fourth-order valence-electron chi connectivity index (χ4n) is 5.51. The van der Waals surface area contributed by atoms with E-state index in [0.29, 0.717) is 18.4 Å². The maximum Gasteiger partial charge on any atom is 0.261 e. The van der Waals surface area contributed by atoms with Crippen molar-refractivity contribution in [3.8, 4) is 5.75 Å². The van der Waals surface area contributed by atoms with Gasteiger partial charge < -0.3 is 13.9 Å². The van der Waals surface area contributed by atoms with Crippen LogP contribution in [0, 0.1) is 11.8 Å². The third-order valence-electron chi connectivity index (χ3n) is 7.56. The summed E-state index contributed by atoms with van der Waals surface area (Å²) in [4.78, 5) is 0. The lowest BCUT2D eigenvalue weighted by Crippen LogP contribution is -2.66. The van der Waals surface area contributed by atoms with Gasteiger partial charge in [-0.25, -0.2) is 0 Å². The molecule has 0 aromatic heterocycles. The molecule has 0 bridgehead atoms. The molecule has 3 nitrogen and oxygen atoms in total. The Labute approximate surface area is 224 Å². The van der Waals surface area contributed by atoms with E-state index in [-0.39, 0.29) is 11.1 Å². The molecule has 1 fully saturated rings. The predicted octanol–water partition coefficient (Wildman–Crippen LogP) is 6.76. The minimum absolute atomic E-state index is 0.0118. The van der Waals surface area contributed by atoms with Crippen molar-refractivity contribution in [2.24, 2.45) is 11.8 Å². The Bertz CT molecular complexity index is 1100. The van der Waals surface area contributed by atoms with Crippen molar-refractivity contribution < 1.29 is 13.9 Å². The van der Waals surface area contributed by atoms with Crippen LogP contribution in [-0.2, 0) is 15.8 Å². The number of rotatable bonds is 12. The van der Waals surface area contributed by atoms with Gasteiger partial charge in [0.1, 0.15) is 5.75 Å². The molecule has 0 unspecified atom stereocenters. The van der Waals surface area contributed by atoms with E-state index in [1.54, 1.807) is 7.11 Å². The Hall–Kier alpha value is -2.66. The van der Waals surface area contributed by atoms with Gasteiger partial charge >= 0.3 is 0 Å². The van der Waals surface area contributed by atoms with Crippen molar-refractivity contribution in [3.05, 3.63) is 103 Å². The topological polar surface area (TPSA) is 27.7 Å². The van der Waals surface area contributed by atoms with Crippen LogP contribution in [0.4, 0.5) is 0 Å². The van der Waals surface area contributed by atoms with E-state index >= 15 is 0 Å². The maximum absolute atomic E-state index is 7.21. The molecule has 0 heterocycles. The fourth-order valence-corrected chi connectivity index (χ4v) is 10.1. The van der Waals surface area contributed by atoms with Gasteiger partial charge in [0.25, 0.3) is 8.32 Å². The highest BCUT2D eigenvalue weighted by atomic mass is 28.4. The average Bonchev–Trinajstić information content (AvgIpc) is 3.67. The zero-order chi connectivity index (χ0) is 26.5. The van der Waals surface area contributed by atoms with E-state index in [1.807, 2.05) is 12.1 Å². The monoisotopic (exact) mass is 514 g/mol. The first-order valence-corrected chi connectivity index (χ1v) is 15.3. The van der Waals surface area contributed by atoms with Crippen molar-refractivity contribution in [1.29, 1.82) is 0 Å². The molecule has 3 aromatic rings. The zero-order valence-corrected chi connectivity index (χ0v) is 24.1. The first kappa shape index (κ1) is 27.4. The van der Waals surface area contributed by atoms with E-state index in [0.717, 1.165) is 30.8 Å². The molecule has 0 radical (unpaired) electrons. The summed E-state index contributed by atoms with van der Waals surface area (Å²) >= 11 is 0. The molecule has 196 valence electrons. The van der Waals surface area contributed by atoms with Crippen LogP contribution in [0.2, 0.25) is 5.04 Å². The van der Waals surface area contributed by atoms with E-state index in [2.05, 4.69) is 107 Å². The third-order valence-corrected chi connectivity index (χ3v) is 12.6. The Morgan fingerprint density at radius 3 is 1.97 bits per heavy atom. The molecule has 0 aliphatic heterocycles. The highest BCUT2D eigenvalue weighted by molar-refractivity contribution is 6.99. The minimum atomic E-state index is -2.52. The highest BCUT2D eigenvalue weighted by Gasteiger charge is 2.52. The largest absolute Gasteiger partial charge is 0.497 e. The van der Waals surface area contributed by atoms with Crippen molar-refractivity contribution in [3.63, 3.8) is 0 Å². The lowest BCUT2D eigenvalue weighted by molar-refractivity contribution is 0.0209. The van der Waals surface area contributed by atoms with Gasteiger partial charge in [-0.15, -0.1) is 6.58 Å². The van der Waals surface area contributed by atoms with Crippen molar-refractivity contribution >= 4 is 18.7 Å². The third kappa shape index (κ3) is 6.43. The summed E-state index contributed by atoms with van der Waals surface area (Å²) in [7, 11) is -0.828. The average molecular weight is 515 g/mol. The van der Waals surface area contributed by atoms with Gasteiger partial charge in [-0.05, 0) is 64.7 Å². The summed E-state index contributed by atoms with van der Waals surface area (Å²) in [6.07, 6.45) is 2.18.